The summed E-state index contributed by atoms with van der Waals surface area (Å²) in [5.74, 6) is 0. The number of aromatic nitrogens is 2. The molecule has 0 unspecified atom stereocenters. The molecule has 0 radical (unpaired) electrons. The summed E-state index contributed by atoms with van der Waals surface area (Å²) < 4.78 is 1.73. The zero-order valence-corrected chi connectivity index (χ0v) is 13.4. The average Bonchev–Trinajstić information content (AvgIpc) is 2.99. The van der Waals surface area contributed by atoms with Gasteiger partial charge in [0, 0.05) is 51.4 Å². The average molecular weight is 312 g/mol. The van der Waals surface area contributed by atoms with E-state index in [0.29, 0.717) is 6.04 Å². The molecule has 6 nitrogen and oxygen atoms in total. The number of nitrogens with one attached hydrogen (secondary N) is 1. The molecule has 0 bridgehead atoms. The summed E-state index contributed by atoms with van der Waals surface area (Å²) in [6.45, 7) is 6.47. The first-order chi connectivity index (χ1) is 10.1. The molecule has 1 N–H and O–H groups in total. The summed E-state index contributed by atoms with van der Waals surface area (Å²) in [6, 6.07) is 0.480. The summed E-state index contributed by atoms with van der Waals surface area (Å²) in [7, 11) is 1.87. The van der Waals surface area contributed by atoms with Crippen LogP contribution < -0.4 is 5.32 Å². The van der Waals surface area contributed by atoms with Crippen LogP contribution in [0.15, 0.2) is 0 Å². The maximum atomic E-state index is 11.7. The Kier molecular flexibility index (Phi) is 4.08. The van der Waals surface area contributed by atoms with Gasteiger partial charge in [0.1, 0.15) is 5.15 Å². The Bertz CT molecular complexity index is 536. The SMILES string of the molecule is Cc1nn(C)c(Cl)c1CN1CCC(N2CCNC2=O)CC1. The predicted molar refractivity (Wildman–Crippen MR) is 81.4 cm³/mol. The molecule has 0 atom stereocenters. The van der Waals surface area contributed by atoms with Gasteiger partial charge in [0.25, 0.3) is 0 Å². The van der Waals surface area contributed by atoms with Crippen LogP contribution in [0.25, 0.3) is 0 Å². The van der Waals surface area contributed by atoms with Crippen molar-refractivity contribution in [2.45, 2.75) is 32.4 Å². The quantitative estimate of drug-likeness (QED) is 0.917. The van der Waals surface area contributed by atoms with Crippen LogP contribution in [0, 0.1) is 6.92 Å². The Hall–Kier alpha value is -1.27. The van der Waals surface area contributed by atoms with Gasteiger partial charge in [-0.3, -0.25) is 9.58 Å². The number of urea groups is 1. The van der Waals surface area contributed by atoms with E-state index in [1.165, 1.54) is 0 Å². The number of likely N-dealkylation sites (tertiary alicyclic amines) is 1. The molecule has 116 valence electrons. The fourth-order valence-corrected chi connectivity index (χ4v) is 3.54. The van der Waals surface area contributed by atoms with Gasteiger partial charge in [-0.1, -0.05) is 11.6 Å². The second-order valence-corrected chi connectivity index (χ2v) is 6.27. The molecule has 7 heteroatoms. The summed E-state index contributed by atoms with van der Waals surface area (Å²) in [4.78, 5) is 16.1. The fraction of sp³-hybridized carbons (Fsp3) is 0.714. The first-order valence-corrected chi connectivity index (χ1v) is 7.89. The highest BCUT2D eigenvalue weighted by Gasteiger charge is 2.31. The van der Waals surface area contributed by atoms with Crippen LogP contribution in [0.5, 0.6) is 0 Å². The maximum absolute atomic E-state index is 11.7. The predicted octanol–water partition coefficient (Wildman–Crippen LogP) is 1.37. The van der Waals surface area contributed by atoms with Gasteiger partial charge < -0.3 is 10.2 Å². The lowest BCUT2D eigenvalue weighted by molar-refractivity contribution is 0.132. The monoisotopic (exact) mass is 311 g/mol. The van der Waals surface area contributed by atoms with Crippen LogP contribution in [0.2, 0.25) is 5.15 Å². The van der Waals surface area contributed by atoms with E-state index in [2.05, 4.69) is 15.3 Å². The smallest absolute Gasteiger partial charge is 0.317 e. The number of rotatable bonds is 3. The van der Waals surface area contributed by atoms with Gasteiger partial charge in [-0.25, -0.2) is 4.79 Å². The summed E-state index contributed by atoms with van der Waals surface area (Å²) in [6.07, 6.45) is 2.06. The van der Waals surface area contributed by atoms with Crippen LogP contribution in [0.1, 0.15) is 24.1 Å². The molecule has 2 amide bonds. The molecule has 21 heavy (non-hydrogen) atoms. The normalized spacial score (nSPS) is 21.1. The van der Waals surface area contributed by atoms with Crippen molar-refractivity contribution in [1.82, 2.24) is 24.9 Å². The standard InChI is InChI=1S/C14H22ClN5O/c1-10-12(13(15)18(2)17-10)9-19-6-3-11(4-7-19)20-8-5-16-14(20)21/h11H,3-9H2,1-2H3,(H,16,21). The number of hydrogen-bond donors (Lipinski definition) is 1. The number of nitrogens with zero attached hydrogens (tertiary/aromatic N) is 4. The molecule has 0 aromatic carbocycles. The van der Waals surface area contributed by atoms with Gasteiger partial charge in [-0.05, 0) is 19.8 Å². The number of amides is 2. The van der Waals surface area contributed by atoms with Gasteiger partial charge in [-0.15, -0.1) is 0 Å². The van der Waals surface area contributed by atoms with Crippen molar-refractivity contribution in [3.05, 3.63) is 16.4 Å². The van der Waals surface area contributed by atoms with Gasteiger partial charge in [0.2, 0.25) is 0 Å². The van der Waals surface area contributed by atoms with Crippen LogP contribution in [-0.2, 0) is 13.6 Å². The molecule has 2 saturated heterocycles. The van der Waals surface area contributed by atoms with Crippen molar-refractivity contribution in [1.29, 1.82) is 0 Å². The van der Waals surface area contributed by atoms with E-state index in [0.717, 1.165) is 62.0 Å². The van der Waals surface area contributed by atoms with Crippen molar-refractivity contribution >= 4 is 17.6 Å². The van der Waals surface area contributed by atoms with E-state index in [4.69, 9.17) is 11.6 Å². The second-order valence-electron chi connectivity index (χ2n) is 5.91. The largest absolute Gasteiger partial charge is 0.336 e. The topological polar surface area (TPSA) is 53.4 Å². The number of piperidine rings is 1. The first-order valence-electron chi connectivity index (χ1n) is 7.51. The highest BCUT2D eigenvalue weighted by atomic mass is 35.5. The molecule has 3 rings (SSSR count). The number of carbonyl (C=O) groups excluding carboxylic acids is 1. The molecule has 0 saturated carbocycles. The van der Waals surface area contributed by atoms with Gasteiger partial charge in [0.05, 0.1) is 5.69 Å². The van der Waals surface area contributed by atoms with Crippen molar-refractivity contribution in [2.75, 3.05) is 26.2 Å². The lowest BCUT2D eigenvalue weighted by Gasteiger charge is -2.36. The summed E-state index contributed by atoms with van der Waals surface area (Å²) >= 11 is 6.30. The third-order valence-corrected chi connectivity index (χ3v) is 5.01. The zero-order chi connectivity index (χ0) is 15.0. The van der Waals surface area contributed by atoms with E-state index in [1.54, 1.807) is 4.68 Å². The molecule has 1 aromatic heterocycles. The molecule has 2 fully saturated rings. The minimum atomic E-state index is 0.0969. The maximum Gasteiger partial charge on any atom is 0.317 e. The Morgan fingerprint density at radius 3 is 2.57 bits per heavy atom. The minimum Gasteiger partial charge on any atom is -0.336 e. The second kappa shape index (κ2) is 5.85. The number of hydrogen-bond acceptors (Lipinski definition) is 3. The molecular formula is C14H22ClN5O. The molecule has 3 heterocycles. The highest BCUT2D eigenvalue weighted by molar-refractivity contribution is 6.30. The zero-order valence-electron chi connectivity index (χ0n) is 12.6. The van der Waals surface area contributed by atoms with Crippen LogP contribution in [0.3, 0.4) is 0 Å². The number of halogens is 1. The third kappa shape index (κ3) is 2.87. The van der Waals surface area contributed by atoms with Gasteiger partial charge >= 0.3 is 6.03 Å². The minimum absolute atomic E-state index is 0.0969. The van der Waals surface area contributed by atoms with Crippen molar-refractivity contribution < 1.29 is 4.79 Å². The molecule has 0 aliphatic carbocycles. The summed E-state index contributed by atoms with van der Waals surface area (Å²) in [5, 5.41) is 7.97. The van der Waals surface area contributed by atoms with E-state index in [9.17, 15) is 4.79 Å². The van der Waals surface area contributed by atoms with Crippen LogP contribution >= 0.6 is 11.6 Å². The number of carbonyl (C=O) groups is 1. The van der Waals surface area contributed by atoms with Gasteiger partial charge in [-0.2, -0.15) is 5.10 Å². The highest BCUT2D eigenvalue weighted by Crippen LogP contribution is 2.24. The molecule has 1 aromatic rings. The molecular weight excluding hydrogens is 290 g/mol. The van der Waals surface area contributed by atoms with E-state index < -0.39 is 0 Å². The van der Waals surface area contributed by atoms with Gasteiger partial charge in [0.15, 0.2) is 0 Å². The lowest BCUT2D eigenvalue weighted by Crippen LogP contribution is -2.45. The first kappa shape index (κ1) is 14.7. The molecule has 2 aliphatic heterocycles. The van der Waals surface area contributed by atoms with Crippen molar-refractivity contribution in [3.63, 3.8) is 0 Å². The summed E-state index contributed by atoms with van der Waals surface area (Å²) in [5.41, 5.74) is 2.13. The Labute approximate surface area is 130 Å². The van der Waals surface area contributed by atoms with E-state index >= 15 is 0 Å². The van der Waals surface area contributed by atoms with Crippen LogP contribution in [0.4, 0.5) is 4.79 Å². The van der Waals surface area contributed by atoms with Crippen LogP contribution in [-0.4, -0.2) is 57.8 Å². The Balaban J connectivity index is 1.57. The Morgan fingerprint density at radius 1 is 1.33 bits per heavy atom. The third-order valence-electron chi connectivity index (χ3n) is 4.54. The molecule has 0 spiro atoms. The fourth-order valence-electron chi connectivity index (χ4n) is 3.30. The lowest BCUT2D eigenvalue weighted by atomic mass is 10.0. The Morgan fingerprint density at radius 2 is 2.05 bits per heavy atom. The van der Waals surface area contributed by atoms with Crippen molar-refractivity contribution in [3.8, 4) is 0 Å². The van der Waals surface area contributed by atoms with E-state index in [1.807, 2.05) is 18.9 Å². The molecule has 2 aliphatic rings. The van der Waals surface area contributed by atoms with Crippen molar-refractivity contribution in [2.24, 2.45) is 7.05 Å². The van der Waals surface area contributed by atoms with E-state index in [-0.39, 0.29) is 6.03 Å². The number of aryl methyl sites for hydroxylation is 2.